The molecule has 0 aromatic heterocycles. The number of rotatable bonds is 4. The van der Waals surface area contributed by atoms with Crippen molar-refractivity contribution in [2.45, 2.75) is 31.8 Å². The average Bonchev–Trinajstić information content (AvgIpc) is 3.24. The lowest BCUT2D eigenvalue weighted by molar-refractivity contribution is 0.0576. The molecule has 0 radical (unpaired) electrons. The summed E-state index contributed by atoms with van der Waals surface area (Å²) in [6, 6.07) is 6.27. The molecule has 1 saturated carbocycles. The number of nitrogens with zero attached hydrogens (tertiary/aromatic N) is 1. The van der Waals surface area contributed by atoms with Crippen LogP contribution in [-0.2, 0) is 0 Å². The van der Waals surface area contributed by atoms with Crippen molar-refractivity contribution in [1.82, 2.24) is 4.90 Å². The molecular weight excluding hydrogens is 241 g/mol. The standard InChI is InChI=1S/C16H22FNO/c17-15-5-3-13(4-6-15)16(19)14-7-9-18(10-8-14)11-12-1-2-12/h3-6,12,14,16,19H,1-2,7-11H2. The van der Waals surface area contributed by atoms with Gasteiger partial charge in [0.1, 0.15) is 5.82 Å². The zero-order valence-electron chi connectivity index (χ0n) is 11.3. The van der Waals surface area contributed by atoms with Gasteiger partial charge in [-0.2, -0.15) is 0 Å². The Morgan fingerprint density at radius 3 is 2.32 bits per heavy atom. The van der Waals surface area contributed by atoms with Gasteiger partial charge in [-0.25, -0.2) is 4.39 Å². The smallest absolute Gasteiger partial charge is 0.123 e. The van der Waals surface area contributed by atoms with E-state index < -0.39 is 6.10 Å². The summed E-state index contributed by atoms with van der Waals surface area (Å²) in [5.41, 5.74) is 0.849. The number of likely N-dealkylation sites (tertiary alicyclic amines) is 1. The Kier molecular flexibility index (Phi) is 3.85. The third-order valence-electron chi connectivity index (χ3n) is 4.50. The van der Waals surface area contributed by atoms with Crippen LogP contribution in [0.15, 0.2) is 24.3 Å². The topological polar surface area (TPSA) is 23.5 Å². The Morgan fingerprint density at radius 2 is 1.74 bits per heavy atom. The molecule has 104 valence electrons. The Labute approximate surface area is 114 Å². The summed E-state index contributed by atoms with van der Waals surface area (Å²) < 4.78 is 12.9. The second-order valence-electron chi connectivity index (χ2n) is 6.08. The van der Waals surface area contributed by atoms with Crippen LogP contribution in [0.4, 0.5) is 4.39 Å². The summed E-state index contributed by atoms with van der Waals surface area (Å²) in [5, 5.41) is 10.4. The highest BCUT2D eigenvalue weighted by atomic mass is 19.1. The van der Waals surface area contributed by atoms with Gasteiger partial charge in [0.25, 0.3) is 0 Å². The summed E-state index contributed by atoms with van der Waals surface area (Å²) >= 11 is 0. The predicted molar refractivity (Wildman–Crippen MR) is 73.2 cm³/mol. The number of hydrogen-bond donors (Lipinski definition) is 1. The highest BCUT2D eigenvalue weighted by molar-refractivity contribution is 5.19. The van der Waals surface area contributed by atoms with Gasteiger partial charge in [-0.05, 0) is 68.3 Å². The molecule has 19 heavy (non-hydrogen) atoms. The van der Waals surface area contributed by atoms with Crippen molar-refractivity contribution in [2.75, 3.05) is 19.6 Å². The molecule has 1 N–H and O–H groups in total. The van der Waals surface area contributed by atoms with Gasteiger partial charge in [0.2, 0.25) is 0 Å². The molecule has 0 bridgehead atoms. The Bertz CT molecular complexity index is 407. The molecule has 1 unspecified atom stereocenters. The molecular formula is C16H22FNO. The van der Waals surface area contributed by atoms with Gasteiger partial charge in [-0.15, -0.1) is 0 Å². The number of benzene rings is 1. The zero-order valence-corrected chi connectivity index (χ0v) is 11.3. The lowest BCUT2D eigenvalue weighted by atomic mass is 9.87. The Balaban J connectivity index is 1.53. The molecule has 1 atom stereocenters. The Hall–Kier alpha value is -0.930. The number of aliphatic hydroxyl groups is 1. The molecule has 1 saturated heterocycles. The SMILES string of the molecule is OC(c1ccc(F)cc1)C1CCN(CC2CC2)CC1. The summed E-state index contributed by atoms with van der Waals surface area (Å²) in [6.07, 6.45) is 4.45. The van der Waals surface area contributed by atoms with Crippen LogP contribution < -0.4 is 0 Å². The second kappa shape index (κ2) is 5.59. The van der Waals surface area contributed by atoms with Crippen LogP contribution in [-0.4, -0.2) is 29.6 Å². The van der Waals surface area contributed by atoms with E-state index >= 15 is 0 Å². The summed E-state index contributed by atoms with van der Waals surface area (Å²) in [5.74, 6) is 1.02. The molecule has 1 aliphatic carbocycles. The lowest BCUT2D eigenvalue weighted by Gasteiger charge is -2.34. The number of piperidine rings is 1. The first-order valence-corrected chi connectivity index (χ1v) is 7.38. The maximum atomic E-state index is 12.9. The molecule has 1 aromatic carbocycles. The van der Waals surface area contributed by atoms with E-state index in [-0.39, 0.29) is 5.82 Å². The van der Waals surface area contributed by atoms with E-state index in [2.05, 4.69) is 4.90 Å². The van der Waals surface area contributed by atoms with Crippen LogP contribution in [0.25, 0.3) is 0 Å². The van der Waals surface area contributed by atoms with Gasteiger partial charge in [0, 0.05) is 6.54 Å². The fourth-order valence-corrected chi connectivity index (χ4v) is 3.05. The minimum atomic E-state index is -0.441. The fraction of sp³-hybridized carbons (Fsp3) is 0.625. The van der Waals surface area contributed by atoms with E-state index in [1.807, 2.05) is 0 Å². The molecule has 2 nitrogen and oxygen atoms in total. The summed E-state index contributed by atoms with van der Waals surface area (Å²) in [7, 11) is 0. The molecule has 1 heterocycles. The Morgan fingerprint density at radius 1 is 1.11 bits per heavy atom. The van der Waals surface area contributed by atoms with Crippen molar-refractivity contribution in [1.29, 1.82) is 0 Å². The maximum Gasteiger partial charge on any atom is 0.123 e. The zero-order chi connectivity index (χ0) is 13.2. The third kappa shape index (κ3) is 3.34. The molecule has 0 spiro atoms. The first kappa shape index (κ1) is 13.1. The van der Waals surface area contributed by atoms with Crippen LogP contribution in [0, 0.1) is 17.7 Å². The van der Waals surface area contributed by atoms with Crippen molar-refractivity contribution < 1.29 is 9.50 Å². The molecule has 1 aliphatic heterocycles. The van der Waals surface area contributed by atoms with Gasteiger partial charge in [-0.3, -0.25) is 0 Å². The second-order valence-corrected chi connectivity index (χ2v) is 6.08. The van der Waals surface area contributed by atoms with Crippen molar-refractivity contribution in [3.8, 4) is 0 Å². The molecule has 0 amide bonds. The van der Waals surface area contributed by atoms with Gasteiger partial charge in [-0.1, -0.05) is 12.1 Å². The fourth-order valence-electron chi connectivity index (χ4n) is 3.05. The van der Waals surface area contributed by atoms with E-state index in [0.29, 0.717) is 5.92 Å². The number of halogens is 1. The van der Waals surface area contributed by atoms with E-state index in [1.54, 1.807) is 12.1 Å². The highest BCUT2D eigenvalue weighted by Crippen LogP contribution is 2.34. The van der Waals surface area contributed by atoms with Crippen molar-refractivity contribution in [3.05, 3.63) is 35.6 Å². The van der Waals surface area contributed by atoms with Crippen molar-refractivity contribution >= 4 is 0 Å². The first-order chi connectivity index (χ1) is 9.22. The van der Waals surface area contributed by atoms with Gasteiger partial charge in [0.05, 0.1) is 6.10 Å². The largest absolute Gasteiger partial charge is 0.388 e. The highest BCUT2D eigenvalue weighted by Gasteiger charge is 2.29. The normalized spacial score (nSPS) is 23.5. The number of hydrogen-bond acceptors (Lipinski definition) is 2. The van der Waals surface area contributed by atoms with Gasteiger partial charge < -0.3 is 10.0 Å². The minimum absolute atomic E-state index is 0.241. The minimum Gasteiger partial charge on any atom is -0.388 e. The lowest BCUT2D eigenvalue weighted by Crippen LogP contribution is -2.36. The molecule has 2 fully saturated rings. The quantitative estimate of drug-likeness (QED) is 0.902. The first-order valence-electron chi connectivity index (χ1n) is 7.38. The van der Waals surface area contributed by atoms with Crippen molar-refractivity contribution in [3.63, 3.8) is 0 Å². The molecule has 1 aromatic rings. The average molecular weight is 263 g/mol. The van der Waals surface area contributed by atoms with Crippen molar-refractivity contribution in [2.24, 2.45) is 11.8 Å². The van der Waals surface area contributed by atoms with E-state index in [4.69, 9.17) is 0 Å². The molecule has 3 heteroatoms. The van der Waals surface area contributed by atoms with E-state index in [9.17, 15) is 9.50 Å². The molecule has 3 rings (SSSR count). The van der Waals surface area contributed by atoms with E-state index in [0.717, 1.165) is 37.4 Å². The van der Waals surface area contributed by atoms with Crippen LogP contribution in [0.1, 0.15) is 37.4 Å². The van der Waals surface area contributed by atoms with Crippen LogP contribution in [0.2, 0.25) is 0 Å². The number of aliphatic hydroxyl groups excluding tert-OH is 1. The monoisotopic (exact) mass is 263 g/mol. The maximum absolute atomic E-state index is 12.9. The summed E-state index contributed by atoms with van der Waals surface area (Å²) in [4.78, 5) is 2.53. The van der Waals surface area contributed by atoms with Gasteiger partial charge >= 0.3 is 0 Å². The molecule has 2 aliphatic rings. The van der Waals surface area contributed by atoms with E-state index in [1.165, 1.54) is 31.5 Å². The third-order valence-corrected chi connectivity index (χ3v) is 4.50. The predicted octanol–water partition coefficient (Wildman–Crippen LogP) is 2.98. The van der Waals surface area contributed by atoms with Gasteiger partial charge in [0.15, 0.2) is 0 Å². The van der Waals surface area contributed by atoms with Crippen LogP contribution in [0.5, 0.6) is 0 Å². The summed E-state index contributed by atoms with van der Waals surface area (Å²) in [6.45, 7) is 3.44. The van der Waals surface area contributed by atoms with Crippen LogP contribution in [0.3, 0.4) is 0 Å². The van der Waals surface area contributed by atoms with Crippen LogP contribution >= 0.6 is 0 Å².